The standard InChI is InChI=1S/C23H23FN2O6S/c1-15(27)32-19-10-8-17(9-11-19)25-22(28)14-21(23(25)29)26(18-4-2-3-5-18)33(30,31)20-12-6-16(24)7-13-20/h6-13,18,21H,2-5,14H2,1H3. The van der Waals surface area contributed by atoms with E-state index in [9.17, 15) is 27.2 Å². The zero-order valence-corrected chi connectivity index (χ0v) is 18.8. The number of benzene rings is 2. The smallest absolute Gasteiger partial charge is 0.308 e. The van der Waals surface area contributed by atoms with E-state index in [1.165, 1.54) is 43.3 Å². The van der Waals surface area contributed by atoms with Gasteiger partial charge in [0.1, 0.15) is 17.6 Å². The lowest BCUT2D eigenvalue weighted by molar-refractivity contribution is -0.132. The molecule has 1 heterocycles. The first-order chi connectivity index (χ1) is 15.7. The molecule has 2 fully saturated rings. The highest BCUT2D eigenvalue weighted by molar-refractivity contribution is 7.89. The Kier molecular flexibility index (Phi) is 6.31. The molecule has 174 valence electrons. The minimum atomic E-state index is -4.16. The normalized spacial score (nSPS) is 19.5. The Hall–Kier alpha value is -3.11. The summed E-state index contributed by atoms with van der Waals surface area (Å²) >= 11 is 0. The van der Waals surface area contributed by atoms with Crippen molar-refractivity contribution < 1.29 is 31.9 Å². The van der Waals surface area contributed by atoms with Gasteiger partial charge in [0.05, 0.1) is 17.0 Å². The minimum Gasteiger partial charge on any atom is -0.427 e. The SMILES string of the molecule is CC(=O)Oc1ccc(N2C(=O)CC(N(C3CCCC3)S(=O)(=O)c3ccc(F)cc3)C2=O)cc1. The minimum absolute atomic E-state index is 0.125. The third-order valence-electron chi connectivity index (χ3n) is 5.86. The van der Waals surface area contributed by atoms with E-state index in [2.05, 4.69) is 0 Å². The fraction of sp³-hybridized carbons (Fsp3) is 0.348. The van der Waals surface area contributed by atoms with Gasteiger partial charge in [0.15, 0.2) is 0 Å². The number of esters is 1. The van der Waals surface area contributed by atoms with E-state index in [1.54, 1.807) is 0 Å². The van der Waals surface area contributed by atoms with E-state index in [0.29, 0.717) is 12.8 Å². The molecule has 1 unspecified atom stereocenters. The summed E-state index contributed by atoms with van der Waals surface area (Å²) in [5, 5.41) is 0. The second-order valence-corrected chi connectivity index (χ2v) is 9.95. The summed E-state index contributed by atoms with van der Waals surface area (Å²) in [5.41, 5.74) is 0.258. The van der Waals surface area contributed by atoms with Gasteiger partial charge in [-0.3, -0.25) is 14.4 Å². The zero-order chi connectivity index (χ0) is 23.8. The summed E-state index contributed by atoms with van der Waals surface area (Å²) in [6.45, 7) is 1.26. The van der Waals surface area contributed by atoms with Gasteiger partial charge in [-0.2, -0.15) is 4.31 Å². The molecule has 2 aliphatic rings. The van der Waals surface area contributed by atoms with Gasteiger partial charge in [0, 0.05) is 13.0 Å². The molecule has 8 nitrogen and oxygen atoms in total. The highest BCUT2D eigenvalue weighted by atomic mass is 32.2. The highest BCUT2D eigenvalue weighted by Gasteiger charge is 2.49. The summed E-state index contributed by atoms with van der Waals surface area (Å²) in [6, 6.07) is 8.66. The largest absolute Gasteiger partial charge is 0.427 e. The molecule has 1 saturated heterocycles. The zero-order valence-electron chi connectivity index (χ0n) is 17.9. The summed E-state index contributed by atoms with van der Waals surface area (Å²) in [5.74, 6) is -1.99. The predicted octanol–water partition coefficient (Wildman–Crippen LogP) is 3.02. The number of hydrogen-bond donors (Lipinski definition) is 0. The molecule has 2 aromatic carbocycles. The van der Waals surface area contributed by atoms with E-state index < -0.39 is 45.7 Å². The molecule has 1 aliphatic heterocycles. The number of nitrogens with zero attached hydrogens (tertiary/aromatic N) is 2. The number of sulfonamides is 1. The van der Waals surface area contributed by atoms with Crippen molar-refractivity contribution in [1.82, 2.24) is 4.31 Å². The number of halogens is 1. The number of anilines is 1. The molecule has 0 radical (unpaired) electrons. The first-order valence-corrected chi connectivity index (χ1v) is 12.1. The number of amides is 2. The summed E-state index contributed by atoms with van der Waals surface area (Å²) in [7, 11) is -4.16. The van der Waals surface area contributed by atoms with Crippen LogP contribution in [0.3, 0.4) is 0 Å². The molecule has 0 N–H and O–H groups in total. The monoisotopic (exact) mass is 474 g/mol. The molecule has 1 atom stereocenters. The number of carbonyl (C=O) groups is 3. The molecule has 2 amide bonds. The predicted molar refractivity (Wildman–Crippen MR) is 116 cm³/mol. The van der Waals surface area contributed by atoms with Crippen LogP contribution in [0.1, 0.15) is 39.0 Å². The first kappa shape index (κ1) is 23.1. The van der Waals surface area contributed by atoms with Crippen molar-refractivity contribution in [2.75, 3.05) is 4.90 Å². The molecule has 10 heteroatoms. The number of carbonyl (C=O) groups excluding carboxylic acids is 3. The molecule has 0 bridgehead atoms. The van der Waals surface area contributed by atoms with Crippen molar-refractivity contribution >= 4 is 33.5 Å². The van der Waals surface area contributed by atoms with Crippen molar-refractivity contribution in [3.63, 3.8) is 0 Å². The summed E-state index contributed by atoms with van der Waals surface area (Å²) in [6.07, 6.45) is 2.50. The Bertz CT molecular complexity index is 1170. The number of ether oxygens (including phenoxy) is 1. The lowest BCUT2D eigenvalue weighted by Crippen LogP contribution is -2.49. The number of hydrogen-bond acceptors (Lipinski definition) is 6. The average molecular weight is 475 g/mol. The Morgan fingerprint density at radius 3 is 2.21 bits per heavy atom. The average Bonchev–Trinajstić information content (AvgIpc) is 3.37. The van der Waals surface area contributed by atoms with Crippen LogP contribution in [0, 0.1) is 5.82 Å². The molecule has 2 aromatic rings. The van der Waals surface area contributed by atoms with Gasteiger partial charge >= 0.3 is 5.97 Å². The van der Waals surface area contributed by atoms with Gasteiger partial charge < -0.3 is 4.74 Å². The Morgan fingerprint density at radius 2 is 1.64 bits per heavy atom. The quantitative estimate of drug-likeness (QED) is 0.362. The fourth-order valence-corrected chi connectivity index (χ4v) is 6.25. The maximum atomic E-state index is 13.5. The van der Waals surface area contributed by atoms with Crippen LogP contribution in [0.25, 0.3) is 0 Å². The molecule has 4 rings (SSSR count). The van der Waals surface area contributed by atoms with E-state index >= 15 is 0 Å². The van der Waals surface area contributed by atoms with E-state index in [4.69, 9.17) is 4.74 Å². The molecule has 0 aromatic heterocycles. The third kappa shape index (κ3) is 4.53. The molecule has 33 heavy (non-hydrogen) atoms. The lowest BCUT2D eigenvalue weighted by Gasteiger charge is -2.32. The van der Waals surface area contributed by atoms with Gasteiger partial charge in [-0.1, -0.05) is 12.8 Å². The van der Waals surface area contributed by atoms with Gasteiger partial charge in [0.2, 0.25) is 15.9 Å². The van der Waals surface area contributed by atoms with Crippen molar-refractivity contribution in [2.45, 2.75) is 56.0 Å². The third-order valence-corrected chi connectivity index (χ3v) is 7.84. The highest BCUT2D eigenvalue weighted by Crippen LogP contribution is 2.36. The number of imide groups is 1. The molecular formula is C23H23FN2O6S. The maximum Gasteiger partial charge on any atom is 0.308 e. The maximum absolute atomic E-state index is 13.5. The van der Waals surface area contributed by atoms with Crippen LogP contribution >= 0.6 is 0 Å². The van der Waals surface area contributed by atoms with Crippen LogP contribution in [0.2, 0.25) is 0 Å². The molecule has 1 saturated carbocycles. The molecule has 0 spiro atoms. The first-order valence-electron chi connectivity index (χ1n) is 10.6. The van der Waals surface area contributed by atoms with Crippen molar-refractivity contribution in [3.8, 4) is 5.75 Å². The van der Waals surface area contributed by atoms with Crippen LogP contribution in [-0.4, -0.2) is 42.6 Å². The van der Waals surface area contributed by atoms with Crippen molar-refractivity contribution in [3.05, 3.63) is 54.3 Å². The Balaban J connectivity index is 1.67. The Labute approximate surface area is 191 Å². The second-order valence-electron chi connectivity index (χ2n) is 8.10. The molecule has 1 aliphatic carbocycles. The van der Waals surface area contributed by atoms with Gasteiger partial charge in [-0.25, -0.2) is 17.7 Å². The van der Waals surface area contributed by atoms with Gasteiger partial charge in [0.25, 0.3) is 5.91 Å². The fourth-order valence-electron chi connectivity index (χ4n) is 4.42. The summed E-state index contributed by atoms with van der Waals surface area (Å²) in [4.78, 5) is 38.1. The van der Waals surface area contributed by atoms with Crippen LogP contribution in [0.15, 0.2) is 53.4 Å². The van der Waals surface area contributed by atoms with Gasteiger partial charge in [-0.05, 0) is 61.4 Å². The van der Waals surface area contributed by atoms with Crippen molar-refractivity contribution in [2.24, 2.45) is 0 Å². The van der Waals surface area contributed by atoms with E-state index in [-0.39, 0.29) is 22.8 Å². The Morgan fingerprint density at radius 1 is 1.03 bits per heavy atom. The van der Waals surface area contributed by atoms with Crippen LogP contribution in [0.5, 0.6) is 5.75 Å². The van der Waals surface area contributed by atoms with E-state index in [1.807, 2.05) is 0 Å². The van der Waals surface area contributed by atoms with Gasteiger partial charge in [-0.15, -0.1) is 0 Å². The van der Waals surface area contributed by atoms with Crippen LogP contribution in [-0.2, 0) is 24.4 Å². The number of rotatable bonds is 6. The lowest BCUT2D eigenvalue weighted by atomic mass is 10.2. The van der Waals surface area contributed by atoms with E-state index in [0.717, 1.165) is 34.2 Å². The van der Waals surface area contributed by atoms with Crippen LogP contribution < -0.4 is 9.64 Å². The van der Waals surface area contributed by atoms with Crippen LogP contribution in [0.4, 0.5) is 10.1 Å². The second kappa shape index (κ2) is 9.03. The summed E-state index contributed by atoms with van der Waals surface area (Å²) < 4.78 is 46.6. The topological polar surface area (TPSA) is 101 Å². The molecular weight excluding hydrogens is 451 g/mol. The van der Waals surface area contributed by atoms with Crippen molar-refractivity contribution in [1.29, 1.82) is 0 Å².